The third kappa shape index (κ3) is 4.87. The summed E-state index contributed by atoms with van der Waals surface area (Å²) in [4.78, 5) is 12.3. The molecule has 0 atom stereocenters. The molecule has 0 aliphatic carbocycles. The van der Waals surface area contributed by atoms with Crippen molar-refractivity contribution in [2.45, 2.75) is 13.3 Å². The van der Waals surface area contributed by atoms with Crippen LogP contribution in [0.25, 0.3) is 12.2 Å². The Morgan fingerprint density at radius 1 is 0.909 bits per heavy atom. The second kappa shape index (κ2) is 7.98. The molecule has 1 nitrogen and oxygen atoms in total. The van der Waals surface area contributed by atoms with Gasteiger partial charge in [0.1, 0.15) is 0 Å². The zero-order valence-electron chi connectivity index (χ0n) is 12.2. The van der Waals surface area contributed by atoms with Crippen LogP contribution in [0.15, 0.2) is 60.2 Å². The average molecular weight is 331 g/mol. The van der Waals surface area contributed by atoms with Gasteiger partial charge < -0.3 is 0 Å². The van der Waals surface area contributed by atoms with E-state index in [1.165, 1.54) is 0 Å². The van der Waals surface area contributed by atoms with E-state index in [9.17, 15) is 4.79 Å². The molecule has 2 aromatic rings. The van der Waals surface area contributed by atoms with Crippen LogP contribution >= 0.6 is 23.2 Å². The summed E-state index contributed by atoms with van der Waals surface area (Å²) in [5.74, 6) is 0.00685. The van der Waals surface area contributed by atoms with Crippen molar-refractivity contribution in [1.82, 2.24) is 0 Å². The van der Waals surface area contributed by atoms with Crippen LogP contribution in [-0.4, -0.2) is 5.78 Å². The lowest BCUT2D eigenvalue weighted by Gasteiger charge is -2.01. The number of hydrogen-bond acceptors (Lipinski definition) is 1. The Bertz CT molecular complexity index is 695. The van der Waals surface area contributed by atoms with Crippen LogP contribution < -0.4 is 0 Å². The lowest BCUT2D eigenvalue weighted by Crippen LogP contribution is -1.97. The van der Waals surface area contributed by atoms with Crippen LogP contribution in [0.4, 0.5) is 0 Å². The van der Waals surface area contributed by atoms with Gasteiger partial charge in [-0.25, -0.2) is 0 Å². The van der Waals surface area contributed by atoms with Crippen molar-refractivity contribution in [1.29, 1.82) is 0 Å². The molecular weight excluding hydrogens is 315 g/mol. The predicted molar refractivity (Wildman–Crippen MR) is 95.2 cm³/mol. The summed E-state index contributed by atoms with van der Waals surface area (Å²) in [6.45, 7) is 1.97. The molecule has 0 aromatic heterocycles. The highest BCUT2D eigenvalue weighted by Crippen LogP contribution is 2.16. The zero-order chi connectivity index (χ0) is 15.9. The smallest absolute Gasteiger partial charge is 0.181 e. The minimum absolute atomic E-state index is 0.00685. The summed E-state index contributed by atoms with van der Waals surface area (Å²) < 4.78 is 0. The maximum Gasteiger partial charge on any atom is 0.181 e. The van der Waals surface area contributed by atoms with E-state index in [0.29, 0.717) is 16.5 Å². The Morgan fingerprint density at radius 3 is 1.91 bits per heavy atom. The van der Waals surface area contributed by atoms with Gasteiger partial charge in [-0.15, -0.1) is 0 Å². The number of ketones is 1. The molecule has 0 saturated heterocycles. The standard InChI is InChI=1S/C19H16Cl2O/c1-2-16(13-15-5-10-18(21)11-6-15)19(22)12-7-14-3-8-17(20)9-4-14/h3-13H,2H2,1H3/b12-7+,16-13+. The fourth-order valence-corrected chi connectivity index (χ4v) is 2.21. The Kier molecular flexibility index (Phi) is 6.00. The van der Waals surface area contributed by atoms with Gasteiger partial charge in [0.15, 0.2) is 5.78 Å². The summed E-state index contributed by atoms with van der Waals surface area (Å²) in [6.07, 6.45) is 5.95. The van der Waals surface area contributed by atoms with E-state index in [1.54, 1.807) is 24.3 Å². The number of hydrogen-bond donors (Lipinski definition) is 0. The van der Waals surface area contributed by atoms with Crippen molar-refractivity contribution >= 4 is 41.1 Å². The van der Waals surface area contributed by atoms with Gasteiger partial charge in [-0.3, -0.25) is 4.79 Å². The van der Waals surface area contributed by atoms with Crippen LogP contribution in [0.5, 0.6) is 0 Å². The molecule has 0 fully saturated rings. The molecule has 22 heavy (non-hydrogen) atoms. The van der Waals surface area contributed by atoms with Gasteiger partial charge in [-0.05, 0) is 59.5 Å². The van der Waals surface area contributed by atoms with Crippen molar-refractivity contribution in [2.75, 3.05) is 0 Å². The molecule has 0 saturated carbocycles. The van der Waals surface area contributed by atoms with Crippen LogP contribution in [-0.2, 0) is 4.79 Å². The number of halogens is 2. The first-order chi connectivity index (χ1) is 10.6. The average Bonchev–Trinajstić information content (AvgIpc) is 2.53. The number of allylic oxidation sites excluding steroid dienone is 2. The van der Waals surface area contributed by atoms with Gasteiger partial charge in [-0.2, -0.15) is 0 Å². The monoisotopic (exact) mass is 330 g/mol. The van der Waals surface area contributed by atoms with Crippen molar-refractivity contribution in [2.24, 2.45) is 0 Å². The summed E-state index contributed by atoms with van der Waals surface area (Å²) in [5.41, 5.74) is 2.67. The lowest BCUT2D eigenvalue weighted by molar-refractivity contribution is -0.111. The molecule has 0 radical (unpaired) electrons. The van der Waals surface area contributed by atoms with Crippen molar-refractivity contribution in [3.8, 4) is 0 Å². The summed E-state index contributed by atoms with van der Waals surface area (Å²) in [7, 11) is 0. The molecule has 0 aliphatic heterocycles. The molecule has 3 heteroatoms. The van der Waals surface area contributed by atoms with E-state index in [1.807, 2.05) is 49.4 Å². The number of benzene rings is 2. The van der Waals surface area contributed by atoms with Gasteiger partial charge in [0.05, 0.1) is 0 Å². The highest BCUT2D eigenvalue weighted by Gasteiger charge is 2.04. The fourth-order valence-electron chi connectivity index (χ4n) is 1.96. The minimum Gasteiger partial charge on any atom is -0.290 e. The van der Waals surface area contributed by atoms with Crippen molar-refractivity contribution in [3.63, 3.8) is 0 Å². The van der Waals surface area contributed by atoms with Gasteiger partial charge in [0.25, 0.3) is 0 Å². The topological polar surface area (TPSA) is 17.1 Å². The molecule has 2 rings (SSSR count). The summed E-state index contributed by atoms with van der Waals surface area (Å²) in [6, 6.07) is 14.8. The lowest BCUT2D eigenvalue weighted by atomic mass is 10.0. The molecule has 0 bridgehead atoms. The summed E-state index contributed by atoms with van der Waals surface area (Å²) in [5, 5.41) is 1.37. The van der Waals surface area contributed by atoms with Crippen molar-refractivity contribution in [3.05, 3.63) is 81.4 Å². The van der Waals surface area contributed by atoms with E-state index in [2.05, 4.69) is 0 Å². The van der Waals surface area contributed by atoms with Gasteiger partial charge >= 0.3 is 0 Å². The van der Waals surface area contributed by atoms with E-state index in [0.717, 1.165) is 16.7 Å². The Hall–Kier alpha value is -1.83. The Labute approximate surface area is 140 Å². The van der Waals surface area contributed by atoms with Gasteiger partial charge in [0.2, 0.25) is 0 Å². The first-order valence-corrected chi connectivity index (χ1v) is 7.78. The normalized spacial score (nSPS) is 11.9. The first kappa shape index (κ1) is 16.5. The van der Waals surface area contributed by atoms with E-state index < -0.39 is 0 Å². The largest absolute Gasteiger partial charge is 0.290 e. The van der Waals surface area contributed by atoms with Crippen LogP contribution in [0.1, 0.15) is 24.5 Å². The molecule has 0 unspecified atom stereocenters. The summed E-state index contributed by atoms with van der Waals surface area (Å²) >= 11 is 11.7. The zero-order valence-corrected chi connectivity index (χ0v) is 13.7. The third-order valence-corrected chi connectivity index (χ3v) is 3.71. The molecule has 0 N–H and O–H groups in total. The van der Waals surface area contributed by atoms with Gasteiger partial charge in [0, 0.05) is 10.0 Å². The number of rotatable bonds is 5. The third-order valence-electron chi connectivity index (χ3n) is 3.21. The number of carbonyl (C=O) groups excluding carboxylic acids is 1. The number of carbonyl (C=O) groups is 1. The highest BCUT2D eigenvalue weighted by atomic mass is 35.5. The maximum absolute atomic E-state index is 12.3. The molecule has 0 heterocycles. The predicted octanol–water partition coefficient (Wildman–Crippen LogP) is 6.07. The molecule has 112 valence electrons. The second-order valence-electron chi connectivity index (χ2n) is 4.82. The van der Waals surface area contributed by atoms with Crippen molar-refractivity contribution < 1.29 is 4.79 Å². The minimum atomic E-state index is 0.00685. The van der Waals surface area contributed by atoms with E-state index >= 15 is 0 Å². The SMILES string of the molecule is CC/C(=C\c1ccc(Cl)cc1)C(=O)/C=C/c1ccc(Cl)cc1. The Morgan fingerprint density at radius 2 is 1.41 bits per heavy atom. The quantitative estimate of drug-likeness (QED) is 0.608. The van der Waals surface area contributed by atoms with Crippen LogP contribution in [0.3, 0.4) is 0 Å². The van der Waals surface area contributed by atoms with Gasteiger partial charge in [-0.1, -0.05) is 60.5 Å². The molecule has 0 amide bonds. The fraction of sp³-hybridized carbons (Fsp3) is 0.105. The molecular formula is C19H16Cl2O. The molecule has 2 aromatic carbocycles. The van der Waals surface area contributed by atoms with E-state index in [-0.39, 0.29) is 5.78 Å². The first-order valence-electron chi connectivity index (χ1n) is 7.02. The van der Waals surface area contributed by atoms with E-state index in [4.69, 9.17) is 23.2 Å². The maximum atomic E-state index is 12.3. The highest BCUT2D eigenvalue weighted by molar-refractivity contribution is 6.30. The molecule has 0 aliphatic rings. The molecule has 0 spiro atoms. The van der Waals surface area contributed by atoms with Crippen LogP contribution in [0, 0.1) is 0 Å². The Balaban J connectivity index is 2.14. The second-order valence-corrected chi connectivity index (χ2v) is 5.70. The van der Waals surface area contributed by atoms with Crippen LogP contribution in [0.2, 0.25) is 10.0 Å².